The predicted molar refractivity (Wildman–Crippen MR) is 89.2 cm³/mol. The van der Waals surface area contributed by atoms with Crippen molar-refractivity contribution in [3.63, 3.8) is 0 Å². The van der Waals surface area contributed by atoms with Crippen molar-refractivity contribution in [1.29, 1.82) is 0 Å². The minimum absolute atomic E-state index is 0.655. The van der Waals surface area contributed by atoms with Gasteiger partial charge in [0, 0.05) is 31.7 Å². The van der Waals surface area contributed by atoms with E-state index in [1.807, 2.05) is 11.3 Å². The van der Waals surface area contributed by atoms with Gasteiger partial charge in [-0.25, -0.2) is 0 Å². The van der Waals surface area contributed by atoms with Crippen LogP contribution in [-0.4, -0.2) is 30.1 Å². The van der Waals surface area contributed by atoms with Crippen LogP contribution in [0, 0.1) is 11.8 Å². The van der Waals surface area contributed by atoms with Crippen LogP contribution < -0.4 is 5.32 Å². The predicted octanol–water partition coefficient (Wildman–Crippen LogP) is 3.98. The van der Waals surface area contributed by atoms with E-state index >= 15 is 0 Å². The van der Waals surface area contributed by atoms with E-state index in [0.29, 0.717) is 12.1 Å². The fraction of sp³-hybridized carbons (Fsp3) is 0.765. The van der Waals surface area contributed by atoms with Crippen molar-refractivity contribution in [3.8, 4) is 0 Å². The van der Waals surface area contributed by atoms with Gasteiger partial charge in [-0.1, -0.05) is 34.1 Å². The minimum atomic E-state index is 0.655. The highest BCUT2D eigenvalue weighted by Gasteiger charge is 2.30. The minimum Gasteiger partial charge on any atom is -0.311 e. The lowest BCUT2D eigenvalue weighted by molar-refractivity contribution is 0.0890. The highest BCUT2D eigenvalue weighted by atomic mass is 32.1. The molecule has 1 aliphatic heterocycles. The molecule has 114 valence electrons. The molecule has 0 bridgehead atoms. The summed E-state index contributed by atoms with van der Waals surface area (Å²) in [5.41, 5.74) is 1.48. The number of nitrogens with zero attached hydrogens (tertiary/aromatic N) is 1. The Morgan fingerprint density at radius 1 is 1.40 bits per heavy atom. The van der Waals surface area contributed by atoms with Crippen LogP contribution in [0.5, 0.6) is 0 Å². The number of hydrogen-bond acceptors (Lipinski definition) is 3. The first-order valence-corrected chi connectivity index (χ1v) is 9.03. The standard InChI is InChI=1S/C17H30N2S/c1-5-14(4)17-11-19(10-15-6-7-20-12-15)16(9-18-17)8-13(2)3/h6-7,12-14,16-18H,5,8-11H2,1-4H3. The topological polar surface area (TPSA) is 15.3 Å². The maximum atomic E-state index is 3.80. The normalized spacial score (nSPS) is 26.1. The van der Waals surface area contributed by atoms with Gasteiger partial charge in [-0.3, -0.25) is 4.90 Å². The van der Waals surface area contributed by atoms with E-state index in [4.69, 9.17) is 0 Å². The first kappa shape index (κ1) is 16.0. The molecule has 2 rings (SSSR count). The monoisotopic (exact) mass is 294 g/mol. The second kappa shape index (κ2) is 7.58. The Morgan fingerprint density at radius 3 is 2.80 bits per heavy atom. The van der Waals surface area contributed by atoms with Gasteiger partial charge in [-0.05, 0) is 40.6 Å². The van der Waals surface area contributed by atoms with Crippen molar-refractivity contribution in [3.05, 3.63) is 22.4 Å². The summed E-state index contributed by atoms with van der Waals surface area (Å²) in [6, 6.07) is 3.62. The van der Waals surface area contributed by atoms with Gasteiger partial charge < -0.3 is 5.32 Å². The zero-order valence-electron chi connectivity index (χ0n) is 13.4. The lowest BCUT2D eigenvalue weighted by Crippen LogP contribution is -2.58. The molecule has 1 N–H and O–H groups in total. The van der Waals surface area contributed by atoms with Gasteiger partial charge in [-0.15, -0.1) is 0 Å². The maximum Gasteiger partial charge on any atom is 0.0246 e. The van der Waals surface area contributed by atoms with E-state index in [1.54, 1.807) is 0 Å². The molecule has 1 fully saturated rings. The number of piperazine rings is 1. The summed E-state index contributed by atoms with van der Waals surface area (Å²) >= 11 is 1.81. The Kier molecular flexibility index (Phi) is 6.06. The van der Waals surface area contributed by atoms with Crippen molar-refractivity contribution in [2.45, 2.75) is 59.2 Å². The van der Waals surface area contributed by atoms with Gasteiger partial charge in [0.05, 0.1) is 0 Å². The van der Waals surface area contributed by atoms with Crippen molar-refractivity contribution in [2.75, 3.05) is 13.1 Å². The number of thiophene rings is 1. The zero-order chi connectivity index (χ0) is 14.5. The third-order valence-electron chi connectivity index (χ3n) is 4.60. The Labute approximate surface area is 128 Å². The highest BCUT2D eigenvalue weighted by Crippen LogP contribution is 2.22. The summed E-state index contributed by atoms with van der Waals surface area (Å²) in [5.74, 6) is 1.53. The number of hydrogen-bond donors (Lipinski definition) is 1. The molecule has 1 aromatic rings. The summed E-state index contributed by atoms with van der Waals surface area (Å²) in [7, 11) is 0. The third-order valence-corrected chi connectivity index (χ3v) is 5.34. The largest absolute Gasteiger partial charge is 0.311 e. The molecular formula is C17H30N2S. The molecular weight excluding hydrogens is 264 g/mol. The maximum absolute atomic E-state index is 3.80. The molecule has 0 amide bonds. The summed E-state index contributed by atoms with van der Waals surface area (Å²) in [6.07, 6.45) is 2.56. The van der Waals surface area contributed by atoms with Crippen molar-refractivity contribution < 1.29 is 0 Å². The smallest absolute Gasteiger partial charge is 0.0246 e. The SMILES string of the molecule is CCC(C)C1CN(Cc2ccsc2)C(CC(C)C)CN1. The van der Waals surface area contributed by atoms with Crippen LogP contribution >= 0.6 is 11.3 Å². The average molecular weight is 295 g/mol. The van der Waals surface area contributed by atoms with Crippen LogP contribution in [0.2, 0.25) is 0 Å². The van der Waals surface area contributed by atoms with E-state index in [-0.39, 0.29) is 0 Å². The van der Waals surface area contributed by atoms with Gasteiger partial charge in [0.1, 0.15) is 0 Å². The first-order chi connectivity index (χ1) is 9.60. The van der Waals surface area contributed by atoms with Crippen LogP contribution in [0.15, 0.2) is 16.8 Å². The van der Waals surface area contributed by atoms with E-state index in [1.165, 1.54) is 24.9 Å². The van der Waals surface area contributed by atoms with Crippen LogP contribution in [0.1, 0.15) is 46.1 Å². The molecule has 3 heteroatoms. The Balaban J connectivity index is 2.02. The van der Waals surface area contributed by atoms with Gasteiger partial charge >= 0.3 is 0 Å². The molecule has 1 aliphatic rings. The van der Waals surface area contributed by atoms with E-state index in [0.717, 1.165) is 24.9 Å². The Morgan fingerprint density at radius 2 is 2.20 bits per heavy atom. The number of nitrogens with one attached hydrogen (secondary N) is 1. The van der Waals surface area contributed by atoms with Gasteiger partial charge in [0.25, 0.3) is 0 Å². The third kappa shape index (κ3) is 4.31. The van der Waals surface area contributed by atoms with Gasteiger partial charge in [-0.2, -0.15) is 11.3 Å². The van der Waals surface area contributed by atoms with Crippen molar-refractivity contribution in [2.24, 2.45) is 11.8 Å². The molecule has 2 heterocycles. The zero-order valence-corrected chi connectivity index (χ0v) is 14.2. The van der Waals surface area contributed by atoms with Crippen LogP contribution in [0.4, 0.5) is 0 Å². The fourth-order valence-electron chi connectivity index (χ4n) is 3.14. The highest BCUT2D eigenvalue weighted by molar-refractivity contribution is 7.07. The Hall–Kier alpha value is -0.380. The molecule has 0 aromatic carbocycles. The molecule has 3 unspecified atom stereocenters. The summed E-state index contributed by atoms with van der Waals surface area (Å²) in [4.78, 5) is 2.72. The molecule has 0 saturated carbocycles. The van der Waals surface area contributed by atoms with Crippen molar-refractivity contribution in [1.82, 2.24) is 10.2 Å². The van der Waals surface area contributed by atoms with Gasteiger partial charge in [0.15, 0.2) is 0 Å². The van der Waals surface area contributed by atoms with E-state index in [9.17, 15) is 0 Å². The molecule has 20 heavy (non-hydrogen) atoms. The molecule has 3 atom stereocenters. The second-order valence-electron chi connectivity index (χ2n) is 6.74. The summed E-state index contributed by atoms with van der Waals surface area (Å²) in [5, 5.41) is 8.29. The Bertz CT molecular complexity index is 374. The summed E-state index contributed by atoms with van der Waals surface area (Å²) < 4.78 is 0. The van der Waals surface area contributed by atoms with Crippen LogP contribution in [0.25, 0.3) is 0 Å². The lowest BCUT2D eigenvalue weighted by Gasteiger charge is -2.43. The van der Waals surface area contributed by atoms with Crippen LogP contribution in [-0.2, 0) is 6.54 Å². The van der Waals surface area contributed by atoms with Crippen LogP contribution in [0.3, 0.4) is 0 Å². The lowest BCUT2D eigenvalue weighted by atomic mass is 9.92. The quantitative estimate of drug-likeness (QED) is 0.853. The van der Waals surface area contributed by atoms with E-state index in [2.05, 4.69) is 54.7 Å². The fourth-order valence-corrected chi connectivity index (χ4v) is 3.80. The molecule has 0 spiro atoms. The molecule has 2 nitrogen and oxygen atoms in total. The molecule has 1 saturated heterocycles. The number of rotatable bonds is 6. The second-order valence-corrected chi connectivity index (χ2v) is 7.52. The average Bonchev–Trinajstić information content (AvgIpc) is 2.92. The molecule has 1 aromatic heterocycles. The first-order valence-electron chi connectivity index (χ1n) is 8.08. The van der Waals surface area contributed by atoms with E-state index < -0.39 is 0 Å². The molecule has 0 aliphatic carbocycles. The van der Waals surface area contributed by atoms with Gasteiger partial charge in [0.2, 0.25) is 0 Å². The summed E-state index contributed by atoms with van der Waals surface area (Å²) in [6.45, 7) is 12.8. The molecule has 0 radical (unpaired) electrons. The van der Waals surface area contributed by atoms with Crippen molar-refractivity contribution >= 4 is 11.3 Å².